The van der Waals surface area contributed by atoms with Gasteiger partial charge in [0.15, 0.2) is 0 Å². The minimum atomic E-state index is 0.147. The second-order valence-electron chi connectivity index (χ2n) is 4.02. The van der Waals surface area contributed by atoms with Crippen molar-refractivity contribution in [1.29, 1.82) is 0 Å². The first kappa shape index (κ1) is 13.6. The second kappa shape index (κ2) is 6.94. The third kappa shape index (κ3) is 4.16. The molecule has 0 amide bonds. The Hall–Kier alpha value is -0.510. The van der Waals surface area contributed by atoms with E-state index >= 15 is 0 Å². The molecule has 3 N–H and O–H groups in total. The molecule has 1 aromatic rings. The molecule has 0 spiro atoms. The van der Waals surface area contributed by atoms with Crippen LogP contribution in [-0.4, -0.2) is 17.0 Å². The highest BCUT2D eigenvalue weighted by molar-refractivity contribution is 7.99. The lowest BCUT2D eigenvalue weighted by Crippen LogP contribution is -2.08. The van der Waals surface area contributed by atoms with E-state index in [2.05, 4.69) is 38.1 Å². The highest BCUT2D eigenvalue weighted by atomic mass is 32.2. The zero-order chi connectivity index (χ0) is 12.0. The van der Waals surface area contributed by atoms with Crippen molar-refractivity contribution in [3.8, 4) is 0 Å². The summed E-state index contributed by atoms with van der Waals surface area (Å²) in [4.78, 5) is 1.24. The number of hydrogen-bond acceptors (Lipinski definition) is 3. The van der Waals surface area contributed by atoms with Gasteiger partial charge in [0.25, 0.3) is 0 Å². The van der Waals surface area contributed by atoms with Crippen LogP contribution in [0, 0.1) is 0 Å². The normalized spacial score (nSPS) is 14.8. The van der Waals surface area contributed by atoms with Crippen LogP contribution in [0.2, 0.25) is 0 Å². The monoisotopic (exact) mass is 239 g/mol. The molecule has 0 saturated heterocycles. The summed E-state index contributed by atoms with van der Waals surface area (Å²) < 4.78 is 0. The van der Waals surface area contributed by atoms with Crippen molar-refractivity contribution in [2.75, 3.05) is 6.61 Å². The topological polar surface area (TPSA) is 46.2 Å². The van der Waals surface area contributed by atoms with Gasteiger partial charge in [-0.3, -0.25) is 0 Å². The van der Waals surface area contributed by atoms with Gasteiger partial charge in [-0.1, -0.05) is 26.0 Å². The standard InChI is InChI=1S/C13H21NOS/c1-3-13(14)11-4-6-12(7-5-11)16-10(2)8-9-15/h4-7,10,13,15H,3,8-9,14H2,1-2H3/t10?,13-/m0/s1. The number of rotatable bonds is 6. The summed E-state index contributed by atoms with van der Waals surface area (Å²) in [5.41, 5.74) is 7.15. The molecule has 1 rings (SSSR count). The van der Waals surface area contributed by atoms with E-state index in [9.17, 15) is 0 Å². The number of aliphatic hydroxyl groups is 1. The Labute approximate surface area is 102 Å². The van der Waals surface area contributed by atoms with E-state index in [0.717, 1.165) is 12.8 Å². The average Bonchev–Trinajstić information content (AvgIpc) is 2.29. The lowest BCUT2D eigenvalue weighted by molar-refractivity contribution is 0.289. The van der Waals surface area contributed by atoms with Crippen molar-refractivity contribution < 1.29 is 5.11 Å². The molecule has 0 fully saturated rings. The molecule has 90 valence electrons. The minimum Gasteiger partial charge on any atom is -0.396 e. The van der Waals surface area contributed by atoms with Crippen LogP contribution in [0.3, 0.4) is 0 Å². The zero-order valence-corrected chi connectivity index (χ0v) is 10.8. The van der Waals surface area contributed by atoms with Gasteiger partial charge in [0.2, 0.25) is 0 Å². The van der Waals surface area contributed by atoms with Gasteiger partial charge in [0.05, 0.1) is 0 Å². The molecule has 3 heteroatoms. The van der Waals surface area contributed by atoms with Gasteiger partial charge < -0.3 is 10.8 Å². The molecule has 0 heterocycles. The summed E-state index contributed by atoms with van der Waals surface area (Å²) >= 11 is 1.80. The molecule has 16 heavy (non-hydrogen) atoms. The summed E-state index contributed by atoms with van der Waals surface area (Å²) in [6.07, 6.45) is 1.80. The van der Waals surface area contributed by atoms with Gasteiger partial charge in [-0.05, 0) is 30.5 Å². The number of aliphatic hydroxyl groups excluding tert-OH is 1. The van der Waals surface area contributed by atoms with E-state index in [1.165, 1.54) is 10.5 Å². The largest absolute Gasteiger partial charge is 0.396 e. The van der Waals surface area contributed by atoms with Crippen LogP contribution in [0.4, 0.5) is 0 Å². The Kier molecular flexibility index (Phi) is 5.88. The van der Waals surface area contributed by atoms with Gasteiger partial charge in [-0.25, -0.2) is 0 Å². The van der Waals surface area contributed by atoms with Crippen molar-refractivity contribution in [2.45, 2.75) is 42.9 Å². The fraction of sp³-hybridized carbons (Fsp3) is 0.538. The molecule has 1 unspecified atom stereocenters. The highest BCUT2D eigenvalue weighted by Gasteiger charge is 2.05. The highest BCUT2D eigenvalue weighted by Crippen LogP contribution is 2.26. The van der Waals surface area contributed by atoms with Gasteiger partial charge in [0.1, 0.15) is 0 Å². The molecule has 0 aliphatic heterocycles. The molecule has 0 aromatic heterocycles. The fourth-order valence-electron chi connectivity index (χ4n) is 1.50. The number of hydrogen-bond donors (Lipinski definition) is 2. The molecule has 0 bridgehead atoms. The van der Waals surface area contributed by atoms with Crippen LogP contribution in [0.1, 0.15) is 38.3 Å². The smallest absolute Gasteiger partial charge is 0.0441 e. The molecule has 2 atom stereocenters. The molecular weight excluding hydrogens is 218 g/mol. The van der Waals surface area contributed by atoms with Crippen LogP contribution in [0.5, 0.6) is 0 Å². The van der Waals surface area contributed by atoms with Crippen LogP contribution >= 0.6 is 11.8 Å². The summed E-state index contributed by atoms with van der Waals surface area (Å²) in [6, 6.07) is 8.57. The van der Waals surface area contributed by atoms with E-state index in [4.69, 9.17) is 10.8 Å². The van der Waals surface area contributed by atoms with Crippen molar-refractivity contribution in [3.05, 3.63) is 29.8 Å². The number of thioether (sulfide) groups is 1. The Bertz CT molecular complexity index is 299. The van der Waals surface area contributed by atoms with Crippen molar-refractivity contribution in [3.63, 3.8) is 0 Å². The first-order valence-electron chi connectivity index (χ1n) is 5.80. The van der Waals surface area contributed by atoms with E-state index in [0.29, 0.717) is 5.25 Å². The molecular formula is C13H21NOS. The Morgan fingerprint density at radius 1 is 1.31 bits per heavy atom. The maximum atomic E-state index is 8.83. The van der Waals surface area contributed by atoms with E-state index in [-0.39, 0.29) is 12.6 Å². The molecule has 1 aromatic carbocycles. The van der Waals surface area contributed by atoms with Crippen molar-refractivity contribution >= 4 is 11.8 Å². The van der Waals surface area contributed by atoms with Crippen LogP contribution in [0.25, 0.3) is 0 Å². The first-order valence-corrected chi connectivity index (χ1v) is 6.68. The Morgan fingerprint density at radius 2 is 1.94 bits per heavy atom. The predicted octanol–water partition coefficient (Wildman–Crippen LogP) is 2.96. The van der Waals surface area contributed by atoms with Gasteiger partial charge in [-0.15, -0.1) is 11.8 Å². The van der Waals surface area contributed by atoms with E-state index < -0.39 is 0 Å². The Balaban J connectivity index is 2.57. The van der Waals surface area contributed by atoms with Gasteiger partial charge >= 0.3 is 0 Å². The second-order valence-corrected chi connectivity index (χ2v) is 5.54. The quantitative estimate of drug-likeness (QED) is 0.750. The first-order chi connectivity index (χ1) is 7.67. The summed E-state index contributed by atoms with van der Waals surface area (Å²) in [5.74, 6) is 0. The van der Waals surface area contributed by atoms with Gasteiger partial charge in [-0.2, -0.15) is 0 Å². The molecule has 0 saturated carbocycles. The van der Waals surface area contributed by atoms with E-state index in [1.54, 1.807) is 11.8 Å². The SMILES string of the molecule is CC[C@H](N)c1ccc(SC(C)CCO)cc1. The summed E-state index contributed by atoms with van der Waals surface area (Å²) in [5, 5.41) is 9.29. The van der Waals surface area contributed by atoms with Crippen LogP contribution in [0.15, 0.2) is 29.2 Å². The zero-order valence-electron chi connectivity index (χ0n) is 10.0. The minimum absolute atomic E-state index is 0.147. The maximum absolute atomic E-state index is 8.83. The third-order valence-corrected chi connectivity index (χ3v) is 3.80. The average molecular weight is 239 g/mol. The number of benzene rings is 1. The van der Waals surface area contributed by atoms with Crippen LogP contribution < -0.4 is 5.73 Å². The van der Waals surface area contributed by atoms with E-state index in [1.807, 2.05) is 0 Å². The molecule has 0 radical (unpaired) electrons. The molecule has 0 aliphatic rings. The van der Waals surface area contributed by atoms with Crippen molar-refractivity contribution in [2.24, 2.45) is 5.73 Å². The Morgan fingerprint density at radius 3 is 2.44 bits per heavy atom. The fourth-order valence-corrected chi connectivity index (χ4v) is 2.48. The lowest BCUT2D eigenvalue weighted by Gasteiger charge is -2.12. The molecule has 2 nitrogen and oxygen atoms in total. The van der Waals surface area contributed by atoms with Crippen LogP contribution in [-0.2, 0) is 0 Å². The van der Waals surface area contributed by atoms with Crippen molar-refractivity contribution in [1.82, 2.24) is 0 Å². The number of nitrogens with two attached hydrogens (primary N) is 1. The molecule has 0 aliphatic carbocycles. The lowest BCUT2D eigenvalue weighted by atomic mass is 10.1. The third-order valence-electron chi connectivity index (χ3n) is 2.62. The predicted molar refractivity (Wildman–Crippen MR) is 70.7 cm³/mol. The van der Waals surface area contributed by atoms with Gasteiger partial charge in [0, 0.05) is 22.8 Å². The maximum Gasteiger partial charge on any atom is 0.0441 e. The summed E-state index contributed by atoms with van der Waals surface area (Å²) in [7, 11) is 0. The summed E-state index contributed by atoms with van der Waals surface area (Å²) in [6.45, 7) is 4.48.